The summed E-state index contributed by atoms with van der Waals surface area (Å²) < 4.78 is 6.18. The van der Waals surface area contributed by atoms with Gasteiger partial charge in [0.25, 0.3) is 5.91 Å². The average Bonchev–Trinajstić information content (AvgIpc) is 3.33. The molecule has 11 nitrogen and oxygen atoms in total. The lowest BCUT2D eigenvalue weighted by atomic mass is 10.1. The van der Waals surface area contributed by atoms with Gasteiger partial charge in [-0.05, 0) is 68.7 Å². The number of piperidine rings is 1. The molecule has 4 N–H and O–H groups in total. The Bertz CT molecular complexity index is 1440. The van der Waals surface area contributed by atoms with Crippen LogP contribution in [-0.2, 0) is 0 Å². The fourth-order valence-corrected chi connectivity index (χ4v) is 4.44. The van der Waals surface area contributed by atoms with Crippen LogP contribution in [0.4, 0.5) is 16.4 Å². The quantitative estimate of drug-likeness (QED) is 0.288. The Morgan fingerprint density at radius 1 is 1.13 bits per heavy atom. The van der Waals surface area contributed by atoms with Crippen molar-refractivity contribution in [2.45, 2.75) is 32.7 Å². The van der Waals surface area contributed by atoms with E-state index in [4.69, 9.17) is 4.74 Å². The van der Waals surface area contributed by atoms with Gasteiger partial charge in [0.15, 0.2) is 11.5 Å². The van der Waals surface area contributed by atoms with Gasteiger partial charge in [0.2, 0.25) is 0 Å². The molecule has 0 saturated carbocycles. The fourth-order valence-electron chi connectivity index (χ4n) is 4.44. The number of anilines is 2. The molecule has 0 aliphatic carbocycles. The molecule has 0 bridgehead atoms. The molecule has 1 aliphatic heterocycles. The second-order valence-electron chi connectivity index (χ2n) is 9.17. The Labute approximate surface area is 220 Å². The number of nitrogens with zero attached hydrogens (tertiary/aromatic N) is 4. The first-order valence-corrected chi connectivity index (χ1v) is 12.6. The lowest BCUT2D eigenvalue weighted by Crippen LogP contribution is -2.49. The molecule has 1 unspecified atom stereocenters. The number of amides is 3. The molecule has 5 rings (SSSR count). The topological polar surface area (TPSA) is 137 Å². The highest BCUT2D eigenvalue weighted by molar-refractivity contribution is 6.03. The average molecular weight is 515 g/mol. The Hall–Kier alpha value is -4.67. The second kappa shape index (κ2) is 11.2. The number of urea groups is 1. The molecule has 1 aliphatic rings. The highest BCUT2D eigenvalue weighted by Gasteiger charge is 2.25. The SMILES string of the molecule is CCNC(=O)N1CCCC(Nc2n[nH]c3nccc(Oc4ccc(C(=O)Nc5cc(C)ccn5)cc4)c23)C1. The predicted molar refractivity (Wildman–Crippen MR) is 145 cm³/mol. The number of carbonyl (C=O) groups is 2. The van der Waals surface area contributed by atoms with E-state index in [2.05, 4.69) is 36.1 Å². The minimum absolute atomic E-state index is 0.0478. The number of hydrogen-bond acceptors (Lipinski definition) is 7. The highest BCUT2D eigenvalue weighted by atomic mass is 16.5. The summed E-state index contributed by atoms with van der Waals surface area (Å²) in [6.45, 7) is 5.76. The normalized spacial score (nSPS) is 15.2. The number of aryl methyl sites for hydroxylation is 1. The molecule has 3 aromatic heterocycles. The van der Waals surface area contributed by atoms with Crippen LogP contribution in [0.2, 0.25) is 0 Å². The number of aromatic nitrogens is 4. The molecule has 3 amide bonds. The zero-order valence-electron chi connectivity index (χ0n) is 21.3. The van der Waals surface area contributed by atoms with E-state index in [1.165, 1.54) is 0 Å². The molecule has 0 spiro atoms. The molecule has 1 aromatic carbocycles. The van der Waals surface area contributed by atoms with Gasteiger partial charge in [0.1, 0.15) is 22.7 Å². The second-order valence-corrected chi connectivity index (χ2v) is 9.17. The van der Waals surface area contributed by atoms with E-state index in [1.54, 1.807) is 42.7 Å². The third-order valence-corrected chi connectivity index (χ3v) is 6.30. The van der Waals surface area contributed by atoms with Crippen LogP contribution in [0.25, 0.3) is 11.0 Å². The van der Waals surface area contributed by atoms with E-state index in [9.17, 15) is 9.59 Å². The van der Waals surface area contributed by atoms with Crippen molar-refractivity contribution in [3.05, 3.63) is 66.0 Å². The van der Waals surface area contributed by atoms with Crippen LogP contribution >= 0.6 is 0 Å². The van der Waals surface area contributed by atoms with Gasteiger partial charge in [0, 0.05) is 49.7 Å². The van der Waals surface area contributed by atoms with Gasteiger partial charge >= 0.3 is 6.03 Å². The summed E-state index contributed by atoms with van der Waals surface area (Å²) in [7, 11) is 0. The van der Waals surface area contributed by atoms with E-state index in [0.29, 0.717) is 47.4 Å². The van der Waals surface area contributed by atoms with Crippen molar-refractivity contribution in [1.29, 1.82) is 0 Å². The summed E-state index contributed by atoms with van der Waals surface area (Å²) in [4.78, 5) is 35.3. The van der Waals surface area contributed by atoms with Crippen LogP contribution in [0, 0.1) is 6.92 Å². The largest absolute Gasteiger partial charge is 0.456 e. The van der Waals surface area contributed by atoms with E-state index in [1.807, 2.05) is 30.9 Å². The lowest BCUT2D eigenvalue weighted by Gasteiger charge is -2.33. The number of pyridine rings is 2. The number of carbonyl (C=O) groups excluding carboxylic acids is 2. The van der Waals surface area contributed by atoms with Crippen molar-refractivity contribution < 1.29 is 14.3 Å². The third-order valence-electron chi connectivity index (χ3n) is 6.30. The Morgan fingerprint density at radius 2 is 1.95 bits per heavy atom. The van der Waals surface area contributed by atoms with Gasteiger partial charge in [-0.15, -0.1) is 0 Å². The van der Waals surface area contributed by atoms with Crippen LogP contribution in [0.1, 0.15) is 35.7 Å². The Balaban J connectivity index is 1.29. The molecule has 196 valence electrons. The lowest BCUT2D eigenvalue weighted by molar-refractivity contribution is 0.102. The van der Waals surface area contributed by atoms with E-state index >= 15 is 0 Å². The standard InChI is InChI=1S/C27H30N8O3/c1-3-28-27(37)35-14-4-5-19(16-35)31-25-23-21(11-13-30-24(23)33-34-25)38-20-8-6-18(7-9-20)26(36)32-22-15-17(2)10-12-29-22/h6-13,15,19H,3-5,14,16H2,1-2H3,(H,28,37)(H,29,32,36)(H2,30,31,33,34). The number of ether oxygens (including phenoxy) is 1. The third kappa shape index (κ3) is 5.66. The van der Waals surface area contributed by atoms with Crippen molar-refractivity contribution in [3.63, 3.8) is 0 Å². The van der Waals surface area contributed by atoms with Gasteiger partial charge in [-0.2, -0.15) is 5.10 Å². The van der Waals surface area contributed by atoms with Crippen LogP contribution < -0.4 is 20.7 Å². The molecule has 1 fully saturated rings. The smallest absolute Gasteiger partial charge is 0.317 e. The summed E-state index contributed by atoms with van der Waals surface area (Å²) in [5, 5.41) is 17.2. The van der Waals surface area contributed by atoms with E-state index in [0.717, 1.165) is 30.3 Å². The minimum Gasteiger partial charge on any atom is -0.456 e. The van der Waals surface area contributed by atoms with Gasteiger partial charge in [-0.1, -0.05) is 0 Å². The fraction of sp³-hybridized carbons (Fsp3) is 0.296. The van der Waals surface area contributed by atoms with Crippen molar-refractivity contribution in [3.8, 4) is 11.5 Å². The van der Waals surface area contributed by atoms with Crippen LogP contribution in [0.15, 0.2) is 54.9 Å². The van der Waals surface area contributed by atoms with Crippen molar-refractivity contribution in [1.82, 2.24) is 30.4 Å². The maximum Gasteiger partial charge on any atom is 0.317 e. The van der Waals surface area contributed by atoms with Crippen LogP contribution in [0.3, 0.4) is 0 Å². The van der Waals surface area contributed by atoms with Crippen molar-refractivity contribution in [2.75, 3.05) is 30.3 Å². The molecule has 0 radical (unpaired) electrons. The van der Waals surface area contributed by atoms with Crippen LogP contribution in [0.5, 0.6) is 11.5 Å². The Kier molecular flexibility index (Phi) is 7.34. The number of aromatic amines is 1. The monoisotopic (exact) mass is 514 g/mol. The zero-order valence-corrected chi connectivity index (χ0v) is 21.3. The first-order chi connectivity index (χ1) is 18.5. The maximum atomic E-state index is 12.6. The van der Waals surface area contributed by atoms with Crippen molar-refractivity contribution in [2.24, 2.45) is 0 Å². The number of nitrogens with one attached hydrogen (secondary N) is 4. The summed E-state index contributed by atoms with van der Waals surface area (Å²) in [6, 6.07) is 12.3. The van der Waals surface area contributed by atoms with Gasteiger partial charge in [-0.3, -0.25) is 9.89 Å². The first kappa shape index (κ1) is 25.0. The summed E-state index contributed by atoms with van der Waals surface area (Å²) in [5.41, 5.74) is 2.09. The molecule has 1 atom stereocenters. The van der Waals surface area contributed by atoms with E-state index < -0.39 is 0 Å². The number of rotatable bonds is 7. The predicted octanol–water partition coefficient (Wildman–Crippen LogP) is 4.31. The number of H-pyrrole nitrogens is 1. The molecule has 38 heavy (non-hydrogen) atoms. The summed E-state index contributed by atoms with van der Waals surface area (Å²) >= 11 is 0. The minimum atomic E-state index is -0.253. The summed E-state index contributed by atoms with van der Waals surface area (Å²) in [6.07, 6.45) is 5.12. The molecular formula is C27H30N8O3. The van der Waals surface area contributed by atoms with Gasteiger partial charge in [0.05, 0.1) is 0 Å². The Morgan fingerprint density at radius 3 is 2.74 bits per heavy atom. The maximum absolute atomic E-state index is 12.6. The molecular weight excluding hydrogens is 484 g/mol. The number of hydrogen-bond donors (Lipinski definition) is 4. The van der Waals surface area contributed by atoms with Gasteiger partial charge < -0.3 is 25.6 Å². The summed E-state index contributed by atoms with van der Waals surface area (Å²) in [5.74, 6) is 2.00. The van der Waals surface area contributed by atoms with Gasteiger partial charge in [-0.25, -0.2) is 14.8 Å². The van der Waals surface area contributed by atoms with Crippen LogP contribution in [-0.4, -0.2) is 62.7 Å². The van der Waals surface area contributed by atoms with Crippen molar-refractivity contribution >= 4 is 34.6 Å². The van der Waals surface area contributed by atoms with E-state index in [-0.39, 0.29) is 18.0 Å². The molecule has 11 heteroatoms. The molecule has 4 heterocycles. The number of likely N-dealkylation sites (tertiary alicyclic amines) is 1. The zero-order chi connectivity index (χ0) is 26.5. The molecule has 4 aromatic rings. The first-order valence-electron chi connectivity index (χ1n) is 12.6. The highest BCUT2D eigenvalue weighted by Crippen LogP contribution is 2.33. The molecule has 1 saturated heterocycles. The number of fused-ring (bicyclic) bond motifs is 1. The number of benzene rings is 1.